The number of hydrogen-bond donors (Lipinski definition) is 2. The largest absolute Gasteiger partial charge is 0.499 e. The number of carbonyl (C=O) groups is 2. The normalized spacial score (nSPS) is 43.0. The summed E-state index contributed by atoms with van der Waals surface area (Å²) in [5.74, 6) is -2.01. The molecule has 4 aliphatic carbocycles. The summed E-state index contributed by atoms with van der Waals surface area (Å²) in [5, 5.41) is 22.4. The Morgan fingerprint density at radius 1 is 1.27 bits per heavy atom. The second kappa shape index (κ2) is 10.0. The van der Waals surface area contributed by atoms with Crippen molar-refractivity contribution in [3.63, 3.8) is 0 Å². The van der Waals surface area contributed by atoms with Crippen LogP contribution in [-0.4, -0.2) is 44.9 Å². The van der Waals surface area contributed by atoms with Gasteiger partial charge in [0.25, 0.3) is 0 Å². The van der Waals surface area contributed by atoms with E-state index in [2.05, 4.69) is 6.92 Å². The van der Waals surface area contributed by atoms with E-state index < -0.39 is 39.7 Å². The first kappa shape index (κ1) is 28.7. The number of aliphatic hydroxyl groups is 2. The van der Waals surface area contributed by atoms with Crippen molar-refractivity contribution in [2.24, 2.45) is 34.5 Å². The van der Waals surface area contributed by atoms with E-state index in [9.17, 15) is 19.8 Å². The predicted molar refractivity (Wildman–Crippen MR) is 145 cm³/mol. The van der Waals surface area contributed by atoms with Crippen LogP contribution in [0.3, 0.4) is 0 Å². The summed E-state index contributed by atoms with van der Waals surface area (Å²) < 4.78 is 21.9. The third kappa shape index (κ3) is 4.05. The molecular formula is C29H40ClFO5S. The molecule has 37 heavy (non-hydrogen) atoms. The molecule has 5 nitrogen and oxygen atoms in total. The zero-order valence-corrected chi connectivity index (χ0v) is 24.1. The molecule has 0 aromatic rings. The Balaban J connectivity index is 1.82. The maximum Gasteiger partial charge on any atom is 0.303 e. The molecule has 9 atom stereocenters. The van der Waals surface area contributed by atoms with Crippen LogP contribution in [0.25, 0.3) is 0 Å². The van der Waals surface area contributed by atoms with Crippen LogP contribution in [0.2, 0.25) is 0 Å². The van der Waals surface area contributed by atoms with Gasteiger partial charge in [-0.2, -0.15) is 0 Å². The third-order valence-corrected chi connectivity index (χ3v) is 11.1. The fourth-order valence-corrected chi connectivity index (χ4v) is 9.76. The standard InChI is InChI=1S/C29H40ClFO5S/c1-6-7-8-9-10-18-25(30)22(33)13-20-21(31)12-17-19-11-15(2)29(26(35)37,36-16(3)32)27(19,4)14-23(34)24(17)28(18,20)5/h13,15,17,19,21,23-24,34H,6-12,14H2,1-5H3,(H,35,37)/t15-,17+,19+,21+,23+,24-,27+,28+,29+/m1/s1. The Bertz CT molecular complexity index is 1060. The highest BCUT2D eigenvalue weighted by Gasteiger charge is 2.73. The molecule has 0 spiro atoms. The van der Waals surface area contributed by atoms with Gasteiger partial charge in [-0.1, -0.05) is 58.6 Å². The van der Waals surface area contributed by atoms with Crippen molar-refractivity contribution in [1.82, 2.24) is 0 Å². The highest BCUT2D eigenvalue weighted by Crippen LogP contribution is 2.70. The summed E-state index contributed by atoms with van der Waals surface area (Å²) in [4.78, 5) is 25.0. The Kier molecular flexibility index (Phi) is 7.77. The second-order valence-corrected chi connectivity index (χ2v) is 13.0. The summed E-state index contributed by atoms with van der Waals surface area (Å²) in [6.07, 6.45) is 4.60. The van der Waals surface area contributed by atoms with E-state index in [-0.39, 0.29) is 47.3 Å². The first-order valence-electron chi connectivity index (χ1n) is 13.7. The maximum absolute atomic E-state index is 16.1. The van der Waals surface area contributed by atoms with Gasteiger partial charge in [-0.05, 0) is 73.4 Å². The quantitative estimate of drug-likeness (QED) is 0.211. The second-order valence-electron chi connectivity index (χ2n) is 12.2. The van der Waals surface area contributed by atoms with E-state index in [1.54, 1.807) is 0 Å². The van der Waals surface area contributed by atoms with E-state index in [0.717, 1.165) is 31.3 Å². The number of thiocarbonyl (C=S) groups is 1. The molecule has 3 fully saturated rings. The Hall–Kier alpha value is -1.31. The van der Waals surface area contributed by atoms with E-state index in [0.29, 0.717) is 18.4 Å². The number of allylic oxidation sites excluding steroid dienone is 4. The summed E-state index contributed by atoms with van der Waals surface area (Å²) in [5.41, 5.74) is -2.04. The highest BCUT2D eigenvalue weighted by molar-refractivity contribution is 7.80. The number of halogens is 2. The van der Waals surface area contributed by atoms with Crippen molar-refractivity contribution in [2.75, 3.05) is 0 Å². The number of aliphatic hydroxyl groups excluding tert-OH is 2. The minimum Gasteiger partial charge on any atom is -0.499 e. The van der Waals surface area contributed by atoms with Crippen LogP contribution in [0.4, 0.5) is 4.39 Å². The van der Waals surface area contributed by atoms with Crippen molar-refractivity contribution in [3.8, 4) is 0 Å². The summed E-state index contributed by atoms with van der Waals surface area (Å²) >= 11 is 12.0. The lowest BCUT2D eigenvalue weighted by atomic mass is 9.44. The highest BCUT2D eigenvalue weighted by atomic mass is 35.5. The third-order valence-electron chi connectivity index (χ3n) is 10.4. The van der Waals surface area contributed by atoms with Crippen molar-refractivity contribution in [1.29, 1.82) is 0 Å². The van der Waals surface area contributed by atoms with Gasteiger partial charge in [0, 0.05) is 29.6 Å². The lowest BCUT2D eigenvalue weighted by Gasteiger charge is -2.61. The molecule has 2 N–H and O–H groups in total. The average Bonchev–Trinajstić information content (AvgIpc) is 3.02. The molecule has 0 bridgehead atoms. The fraction of sp³-hybridized carbons (Fsp3) is 0.759. The lowest BCUT2D eigenvalue weighted by Crippen LogP contribution is -2.64. The molecule has 0 unspecified atom stereocenters. The first-order valence-corrected chi connectivity index (χ1v) is 14.5. The van der Waals surface area contributed by atoms with Crippen LogP contribution < -0.4 is 0 Å². The zero-order valence-electron chi connectivity index (χ0n) is 22.5. The molecule has 0 aromatic heterocycles. The maximum atomic E-state index is 16.1. The molecule has 4 aliphatic rings. The first-order chi connectivity index (χ1) is 17.3. The number of ether oxygens (including phenoxy) is 1. The van der Waals surface area contributed by atoms with E-state index >= 15 is 4.39 Å². The molecule has 206 valence electrons. The number of alkyl halides is 1. The van der Waals surface area contributed by atoms with Gasteiger partial charge in [-0.3, -0.25) is 9.59 Å². The van der Waals surface area contributed by atoms with Crippen molar-refractivity contribution >= 4 is 40.6 Å². The minimum absolute atomic E-state index is 0.151. The van der Waals surface area contributed by atoms with Crippen molar-refractivity contribution in [3.05, 3.63) is 22.3 Å². The van der Waals surface area contributed by atoms with Gasteiger partial charge in [0.15, 0.2) is 11.4 Å². The van der Waals surface area contributed by atoms with E-state index in [1.165, 1.54) is 13.0 Å². The van der Waals surface area contributed by atoms with Crippen LogP contribution in [0, 0.1) is 34.5 Å². The smallest absolute Gasteiger partial charge is 0.303 e. The van der Waals surface area contributed by atoms with Crippen molar-refractivity contribution in [2.45, 2.75) is 104 Å². The molecular weight excluding hydrogens is 515 g/mol. The zero-order chi connectivity index (χ0) is 27.5. The minimum atomic E-state index is -1.44. The van der Waals surface area contributed by atoms with E-state index in [4.69, 9.17) is 28.6 Å². The van der Waals surface area contributed by atoms with Gasteiger partial charge in [-0.25, -0.2) is 4.39 Å². The molecule has 3 saturated carbocycles. The van der Waals surface area contributed by atoms with Gasteiger partial charge in [0.05, 0.1) is 11.1 Å². The SMILES string of the molecule is CCCCCCC1=C(Cl)C(=O)C=C2[C@@H](F)C[C@@H]3[C@H]([C@@H](O)C[C@@]4(C)[C@H]3C[C@@H](C)[C@]4(OC(C)=O)C(O)=S)[C@]21C. The fourth-order valence-electron chi connectivity index (χ4n) is 8.94. The van der Waals surface area contributed by atoms with E-state index in [1.807, 2.05) is 20.8 Å². The number of unbranched alkanes of at least 4 members (excludes halogenated alkanes) is 3. The Morgan fingerprint density at radius 2 is 1.95 bits per heavy atom. The Labute approximate surface area is 229 Å². The molecule has 0 aliphatic heterocycles. The van der Waals surface area contributed by atoms with Crippen LogP contribution in [-0.2, 0) is 14.3 Å². The summed E-state index contributed by atoms with van der Waals surface area (Å²) in [6.45, 7) is 9.18. The topological polar surface area (TPSA) is 83.8 Å². The Morgan fingerprint density at radius 3 is 2.54 bits per heavy atom. The molecule has 0 amide bonds. The molecule has 0 aromatic carbocycles. The number of rotatable bonds is 7. The van der Waals surface area contributed by atoms with Crippen molar-refractivity contribution < 1.29 is 28.9 Å². The van der Waals surface area contributed by atoms with Gasteiger partial charge in [-0.15, -0.1) is 0 Å². The summed E-state index contributed by atoms with van der Waals surface area (Å²) in [7, 11) is 0. The monoisotopic (exact) mass is 554 g/mol. The van der Waals surface area contributed by atoms with Crippen LogP contribution in [0.1, 0.15) is 86.0 Å². The van der Waals surface area contributed by atoms with Gasteiger partial charge < -0.3 is 14.9 Å². The molecule has 0 heterocycles. The number of carbonyl (C=O) groups excluding carboxylic acids is 2. The predicted octanol–water partition coefficient (Wildman–Crippen LogP) is 6.55. The van der Waals surface area contributed by atoms with Crippen LogP contribution in [0.15, 0.2) is 22.3 Å². The molecule has 4 rings (SSSR count). The van der Waals surface area contributed by atoms with Gasteiger partial charge >= 0.3 is 5.97 Å². The number of hydrogen-bond acceptors (Lipinski definition) is 5. The molecule has 8 heteroatoms. The lowest BCUT2D eigenvalue weighted by molar-refractivity contribution is -0.186. The average molecular weight is 555 g/mol. The molecule has 0 radical (unpaired) electrons. The molecule has 0 saturated heterocycles. The number of esters is 1. The van der Waals surface area contributed by atoms with Gasteiger partial charge in [0.2, 0.25) is 5.05 Å². The van der Waals surface area contributed by atoms with Crippen LogP contribution in [0.5, 0.6) is 0 Å². The van der Waals surface area contributed by atoms with Gasteiger partial charge in [0.1, 0.15) is 6.17 Å². The van der Waals surface area contributed by atoms with Crippen LogP contribution >= 0.6 is 23.8 Å². The summed E-state index contributed by atoms with van der Waals surface area (Å²) in [6, 6.07) is 0. The number of fused-ring (bicyclic) bond motifs is 5. The number of ketones is 1.